The average molecular weight is 783 g/mol. The summed E-state index contributed by atoms with van der Waals surface area (Å²) in [6.07, 6.45) is -2.96. The van der Waals surface area contributed by atoms with E-state index in [9.17, 15) is 5.11 Å². The van der Waals surface area contributed by atoms with Crippen molar-refractivity contribution < 1.29 is 37.6 Å². The molecule has 1 saturated heterocycles. The first-order valence-electron chi connectivity index (χ1n) is 19.9. The molecule has 1 heterocycles. The number of hydrogen-bond donors (Lipinski definition) is 1. The molecule has 1 unspecified atom stereocenters. The Morgan fingerprint density at radius 3 is 1.69 bits per heavy atom. The van der Waals surface area contributed by atoms with E-state index in [1.165, 1.54) is 11.1 Å². The van der Waals surface area contributed by atoms with Crippen molar-refractivity contribution in [1.29, 1.82) is 0 Å². The topological polar surface area (TPSA) is 66.4 Å². The van der Waals surface area contributed by atoms with Gasteiger partial charge in [-0.3, -0.25) is 0 Å². The minimum absolute atomic E-state index is 0.0690. The Kier molecular flexibility index (Phi) is 12.1. The molecule has 0 saturated carbocycles. The van der Waals surface area contributed by atoms with Crippen LogP contribution in [-0.2, 0) is 70.4 Å². The van der Waals surface area contributed by atoms with Crippen molar-refractivity contribution in [1.82, 2.24) is 0 Å². The van der Waals surface area contributed by atoms with Crippen LogP contribution in [0.3, 0.4) is 0 Å². The monoisotopic (exact) mass is 782 g/mol. The summed E-state index contributed by atoms with van der Waals surface area (Å²) in [5, 5.41) is 13.3. The van der Waals surface area contributed by atoms with Crippen molar-refractivity contribution in [3.63, 3.8) is 0 Å². The third-order valence-electron chi connectivity index (χ3n) is 11.1. The summed E-state index contributed by atoms with van der Waals surface area (Å²) in [5.74, 6) is -5.88. The van der Waals surface area contributed by atoms with Crippen molar-refractivity contribution in [2.24, 2.45) is 0 Å². The molecule has 4 atom stereocenters. The Labute approximate surface area is 339 Å². The van der Waals surface area contributed by atoms with E-state index >= 15 is 8.78 Å². The van der Waals surface area contributed by atoms with Crippen LogP contribution in [0.15, 0.2) is 152 Å². The Balaban J connectivity index is 1.23. The highest BCUT2D eigenvalue weighted by atomic mass is 19.3. The molecule has 8 heteroatoms. The molecule has 0 aromatic heterocycles. The Bertz CT molecular complexity index is 2250. The number of fused-ring (bicyclic) bond motifs is 1. The summed E-state index contributed by atoms with van der Waals surface area (Å²) in [6, 6.07) is 47.5. The number of halogens is 2. The van der Waals surface area contributed by atoms with E-state index in [0.717, 1.165) is 46.2 Å². The third-order valence-corrected chi connectivity index (χ3v) is 11.1. The van der Waals surface area contributed by atoms with Gasteiger partial charge in [0.2, 0.25) is 5.79 Å². The second kappa shape index (κ2) is 17.7. The maximum atomic E-state index is 17.2. The smallest absolute Gasteiger partial charge is 0.304 e. The number of ether oxygens (including phenoxy) is 5. The van der Waals surface area contributed by atoms with Gasteiger partial charge in [-0.05, 0) is 88.4 Å². The number of rotatable bonds is 16. The Hall–Kier alpha value is -5.22. The van der Waals surface area contributed by atoms with Gasteiger partial charge in [-0.15, -0.1) is 0 Å². The summed E-state index contributed by atoms with van der Waals surface area (Å²) >= 11 is 0. The van der Waals surface area contributed by atoms with E-state index in [4.69, 9.17) is 23.7 Å². The largest absolute Gasteiger partial charge is 0.488 e. The van der Waals surface area contributed by atoms with Crippen molar-refractivity contribution in [3.8, 4) is 5.75 Å². The van der Waals surface area contributed by atoms with Crippen LogP contribution in [0.5, 0.6) is 5.75 Å². The Morgan fingerprint density at radius 2 is 1.14 bits per heavy atom. The highest BCUT2D eigenvalue weighted by Gasteiger charge is 2.66. The van der Waals surface area contributed by atoms with Crippen LogP contribution in [0.2, 0.25) is 0 Å². The highest BCUT2D eigenvalue weighted by Crippen LogP contribution is 2.49. The molecule has 58 heavy (non-hydrogen) atoms. The summed E-state index contributed by atoms with van der Waals surface area (Å²) < 4.78 is 66.0. The van der Waals surface area contributed by atoms with Crippen molar-refractivity contribution in [2.75, 3.05) is 6.61 Å². The molecule has 1 fully saturated rings. The third kappa shape index (κ3) is 8.92. The number of hydrogen-bond acceptors (Lipinski definition) is 6. The van der Waals surface area contributed by atoms with Gasteiger partial charge in [0.25, 0.3) is 0 Å². The average Bonchev–Trinajstić information content (AvgIpc) is 3.23. The first kappa shape index (κ1) is 39.6. The zero-order valence-corrected chi connectivity index (χ0v) is 32.6. The zero-order chi connectivity index (χ0) is 40.0. The summed E-state index contributed by atoms with van der Waals surface area (Å²) in [7, 11) is 0. The van der Waals surface area contributed by atoms with Gasteiger partial charge in [0.05, 0.1) is 32.0 Å². The molecule has 0 amide bonds. The first-order valence-corrected chi connectivity index (χ1v) is 19.9. The standard InChI is InChI=1S/C50H48F2O6/c1-35-26-45(55-31-37-16-8-3-9-17-37)44(29-43(35)28-40-22-23-41-24-25-42(41)27-40)50(53)48(57-33-39-20-12-5-13-21-39)47(56-32-38-18-10-4-11-19-38)49(51,52)46(58-50)34-54-30-36-14-6-2-7-15-36/h2-23,26-27,29,46-48,53H,24-25,28,30-34H2,1H3/t46-,47-,48-,50?/m1/s1. The quantitative estimate of drug-likeness (QED) is 0.106. The van der Waals surface area contributed by atoms with E-state index in [-0.39, 0.29) is 37.7 Å². The molecule has 6 aromatic carbocycles. The van der Waals surface area contributed by atoms with Gasteiger partial charge in [-0.25, -0.2) is 8.78 Å². The lowest BCUT2D eigenvalue weighted by atomic mass is 9.83. The van der Waals surface area contributed by atoms with Crippen LogP contribution >= 0.6 is 0 Å². The number of aliphatic hydroxyl groups is 1. The molecule has 8 rings (SSSR count). The fourth-order valence-electron chi connectivity index (χ4n) is 7.72. The molecule has 6 aromatic rings. The van der Waals surface area contributed by atoms with E-state index in [2.05, 4.69) is 18.2 Å². The van der Waals surface area contributed by atoms with E-state index in [0.29, 0.717) is 12.0 Å². The molecule has 0 spiro atoms. The molecular weight excluding hydrogens is 735 g/mol. The number of benzene rings is 6. The fourth-order valence-corrected chi connectivity index (χ4v) is 7.72. The number of aryl methyl sites for hydroxylation is 3. The highest BCUT2D eigenvalue weighted by molar-refractivity contribution is 5.48. The van der Waals surface area contributed by atoms with Crippen LogP contribution in [0.1, 0.15) is 55.6 Å². The first-order chi connectivity index (χ1) is 28.3. The minimum Gasteiger partial charge on any atom is -0.488 e. The van der Waals surface area contributed by atoms with Crippen molar-refractivity contribution in [2.45, 2.75) is 82.6 Å². The van der Waals surface area contributed by atoms with Crippen molar-refractivity contribution in [3.05, 3.63) is 207 Å². The molecule has 0 radical (unpaired) electrons. The zero-order valence-electron chi connectivity index (χ0n) is 32.6. The van der Waals surface area contributed by atoms with Gasteiger partial charge in [0, 0.05) is 0 Å². The van der Waals surface area contributed by atoms with Crippen molar-refractivity contribution >= 4 is 0 Å². The molecule has 1 aliphatic carbocycles. The van der Waals surface area contributed by atoms with E-state index in [1.807, 2.05) is 140 Å². The molecule has 1 aliphatic heterocycles. The van der Waals surface area contributed by atoms with E-state index < -0.39 is 36.6 Å². The second-order valence-corrected chi connectivity index (χ2v) is 15.2. The van der Waals surface area contributed by atoms with Gasteiger partial charge < -0.3 is 28.8 Å². The minimum atomic E-state index is -3.68. The molecule has 2 aliphatic rings. The van der Waals surface area contributed by atoms with E-state index in [1.54, 1.807) is 0 Å². The SMILES string of the molecule is Cc1cc(OCc2ccccc2)c(C2(O)O[C@H](COCc3ccccc3)C(F)(F)[C@H](OCc3ccccc3)[C@H]2OCc2ccccc2)cc1Cc1ccc2c(c1)CC2. The summed E-state index contributed by atoms with van der Waals surface area (Å²) in [5.41, 5.74) is 8.91. The van der Waals surface area contributed by atoms with Crippen LogP contribution in [0, 0.1) is 6.92 Å². The number of alkyl halides is 2. The lowest BCUT2D eigenvalue weighted by Crippen LogP contribution is -2.68. The predicted molar refractivity (Wildman–Crippen MR) is 218 cm³/mol. The molecule has 1 N–H and O–H groups in total. The van der Waals surface area contributed by atoms with Gasteiger partial charge in [0.15, 0.2) is 12.2 Å². The van der Waals surface area contributed by atoms with Gasteiger partial charge in [-0.2, -0.15) is 0 Å². The second-order valence-electron chi connectivity index (χ2n) is 15.2. The van der Waals surface area contributed by atoms with Crippen LogP contribution in [-0.4, -0.2) is 35.9 Å². The summed E-state index contributed by atoms with van der Waals surface area (Å²) in [4.78, 5) is 0. The normalized spacial score (nSPS) is 20.9. The van der Waals surface area contributed by atoms with Crippen LogP contribution in [0.4, 0.5) is 8.78 Å². The lowest BCUT2D eigenvalue weighted by Gasteiger charge is -2.50. The van der Waals surface area contributed by atoms with Gasteiger partial charge in [0.1, 0.15) is 18.5 Å². The molecular formula is C50H48F2O6. The predicted octanol–water partition coefficient (Wildman–Crippen LogP) is 9.83. The lowest BCUT2D eigenvalue weighted by molar-refractivity contribution is -0.406. The maximum Gasteiger partial charge on any atom is 0.304 e. The molecule has 298 valence electrons. The molecule has 0 bridgehead atoms. The Morgan fingerprint density at radius 1 is 0.603 bits per heavy atom. The van der Waals surface area contributed by atoms with Crippen LogP contribution < -0.4 is 4.74 Å². The fraction of sp³-hybridized carbons (Fsp3) is 0.280. The summed E-state index contributed by atoms with van der Waals surface area (Å²) in [6.45, 7) is 1.44. The molecule has 6 nitrogen and oxygen atoms in total. The maximum absolute atomic E-state index is 17.2. The van der Waals surface area contributed by atoms with Gasteiger partial charge >= 0.3 is 5.92 Å². The van der Waals surface area contributed by atoms with Gasteiger partial charge in [-0.1, -0.05) is 140 Å². The van der Waals surface area contributed by atoms with Crippen LogP contribution in [0.25, 0.3) is 0 Å².